The quantitative estimate of drug-likeness (QED) is 0.645. The fraction of sp³-hybridized carbons (Fsp3) is 0.381. The summed E-state index contributed by atoms with van der Waals surface area (Å²) in [5.74, 6) is -0.399. The summed E-state index contributed by atoms with van der Waals surface area (Å²) in [4.78, 5) is 4.61. The largest absolute Gasteiger partial charge is 0.448 e. The van der Waals surface area contributed by atoms with E-state index in [2.05, 4.69) is 29.0 Å². The number of benzene rings is 1. The van der Waals surface area contributed by atoms with Gasteiger partial charge in [-0.05, 0) is 54.9 Å². The molecule has 0 aliphatic heterocycles. The summed E-state index contributed by atoms with van der Waals surface area (Å²) in [5, 5.41) is 8.68. The number of hydrogen-bond donors (Lipinski definition) is 0. The van der Waals surface area contributed by atoms with Crippen molar-refractivity contribution >= 4 is 0 Å². The first-order valence-electron chi connectivity index (χ1n) is 9.11. The van der Waals surface area contributed by atoms with Gasteiger partial charge in [-0.1, -0.05) is 19.9 Å². The summed E-state index contributed by atoms with van der Waals surface area (Å²) in [6.07, 6.45) is 3.48. The van der Waals surface area contributed by atoms with E-state index in [1.165, 1.54) is 18.2 Å². The summed E-state index contributed by atoms with van der Waals surface area (Å²) in [6.45, 7) is 6.28. The van der Waals surface area contributed by atoms with Crippen molar-refractivity contribution in [3.8, 4) is 11.3 Å². The van der Waals surface area contributed by atoms with Gasteiger partial charge in [0.2, 0.25) is 5.89 Å². The number of fused-ring (bicyclic) bond motifs is 5. The van der Waals surface area contributed by atoms with Crippen molar-refractivity contribution in [2.24, 2.45) is 5.41 Å². The maximum atomic E-state index is 14.2. The molecule has 1 saturated carbocycles. The van der Waals surface area contributed by atoms with Crippen LogP contribution < -0.4 is 0 Å². The van der Waals surface area contributed by atoms with Crippen LogP contribution in [0.25, 0.3) is 11.3 Å². The van der Waals surface area contributed by atoms with Crippen LogP contribution in [0.4, 0.5) is 8.78 Å². The molecule has 2 heterocycles. The third-order valence-electron chi connectivity index (χ3n) is 6.59. The zero-order chi connectivity index (χ0) is 19.0. The Hall–Kier alpha value is -2.63. The van der Waals surface area contributed by atoms with Crippen LogP contribution in [0.5, 0.6) is 0 Å². The SMILES string of the molecule is Cc1coc(C23CC[C@@H](c4cc(-c5c(F)cccc5F)nnc42)C3(C)C)n1. The number of hydrogen-bond acceptors (Lipinski definition) is 4. The molecule has 4 nitrogen and oxygen atoms in total. The second-order valence-electron chi connectivity index (χ2n) is 8.14. The van der Waals surface area contributed by atoms with Gasteiger partial charge in [0.25, 0.3) is 0 Å². The number of aromatic nitrogens is 3. The number of rotatable bonds is 2. The van der Waals surface area contributed by atoms with E-state index in [1.54, 1.807) is 12.3 Å². The zero-order valence-electron chi connectivity index (χ0n) is 15.4. The maximum Gasteiger partial charge on any atom is 0.207 e. The van der Waals surface area contributed by atoms with Crippen LogP contribution in [0.2, 0.25) is 0 Å². The molecule has 0 saturated heterocycles. The van der Waals surface area contributed by atoms with E-state index < -0.39 is 17.0 Å². The molecule has 27 heavy (non-hydrogen) atoms. The topological polar surface area (TPSA) is 51.8 Å². The van der Waals surface area contributed by atoms with E-state index in [-0.39, 0.29) is 22.6 Å². The van der Waals surface area contributed by atoms with Crippen LogP contribution in [0, 0.1) is 24.0 Å². The zero-order valence-corrected chi connectivity index (χ0v) is 15.4. The summed E-state index contributed by atoms with van der Waals surface area (Å²) in [5.41, 5.74) is 2.11. The number of aryl methyl sites for hydroxylation is 1. The van der Waals surface area contributed by atoms with Crippen molar-refractivity contribution in [3.63, 3.8) is 0 Å². The average molecular weight is 367 g/mol. The van der Waals surface area contributed by atoms with Crippen LogP contribution in [0.1, 0.15) is 55.4 Å². The van der Waals surface area contributed by atoms with Gasteiger partial charge in [-0.15, -0.1) is 5.10 Å². The Kier molecular flexibility index (Phi) is 3.19. The molecule has 6 heteroatoms. The lowest BCUT2D eigenvalue weighted by atomic mass is 9.68. The standard InChI is InChI=1S/C21H19F2N3O/c1-11-10-27-19(24-11)21-8-7-13(20(21,2)3)12-9-16(25-26-18(12)21)17-14(22)5-4-6-15(17)23/h4-6,9-10,13H,7-8H2,1-3H3/t13-,21?/m0/s1. The van der Waals surface area contributed by atoms with Gasteiger partial charge in [0.05, 0.1) is 28.1 Å². The predicted molar refractivity (Wildman–Crippen MR) is 95.2 cm³/mol. The third kappa shape index (κ3) is 1.93. The van der Waals surface area contributed by atoms with Crippen LogP contribution >= 0.6 is 0 Å². The van der Waals surface area contributed by atoms with E-state index >= 15 is 0 Å². The van der Waals surface area contributed by atoms with Gasteiger partial charge in [-0.3, -0.25) is 0 Å². The van der Waals surface area contributed by atoms with E-state index in [4.69, 9.17) is 4.42 Å². The minimum Gasteiger partial charge on any atom is -0.448 e. The van der Waals surface area contributed by atoms with Gasteiger partial charge in [0, 0.05) is 0 Å². The highest BCUT2D eigenvalue weighted by Crippen LogP contribution is 2.69. The summed E-state index contributed by atoms with van der Waals surface area (Å²) < 4.78 is 34.3. The van der Waals surface area contributed by atoms with Crippen LogP contribution in [0.15, 0.2) is 34.9 Å². The summed E-state index contributed by atoms with van der Waals surface area (Å²) >= 11 is 0. The van der Waals surface area contributed by atoms with Crippen molar-refractivity contribution in [1.82, 2.24) is 15.2 Å². The molecule has 1 fully saturated rings. The molecule has 2 bridgehead atoms. The van der Waals surface area contributed by atoms with Crippen molar-refractivity contribution < 1.29 is 13.2 Å². The molecule has 1 unspecified atom stereocenters. The molecule has 2 aromatic heterocycles. The number of halogens is 2. The minimum atomic E-state index is -0.635. The Labute approximate surface area is 155 Å². The monoisotopic (exact) mass is 367 g/mol. The highest BCUT2D eigenvalue weighted by Gasteiger charge is 2.66. The maximum absolute atomic E-state index is 14.2. The molecule has 0 radical (unpaired) electrons. The normalized spacial score (nSPS) is 25.0. The van der Waals surface area contributed by atoms with Crippen molar-refractivity contribution in [3.05, 3.63) is 65.0 Å². The first kappa shape index (κ1) is 16.5. The van der Waals surface area contributed by atoms with Gasteiger partial charge in [-0.25, -0.2) is 13.8 Å². The Balaban J connectivity index is 1.73. The molecule has 5 rings (SSSR count). The molecule has 2 aliphatic carbocycles. The van der Waals surface area contributed by atoms with E-state index in [1.807, 2.05) is 6.92 Å². The molecule has 0 amide bonds. The Morgan fingerprint density at radius 2 is 1.89 bits per heavy atom. The molecular weight excluding hydrogens is 348 g/mol. The average Bonchev–Trinajstić information content (AvgIpc) is 3.22. The Bertz CT molecular complexity index is 1050. The number of oxazole rings is 1. The highest BCUT2D eigenvalue weighted by molar-refractivity contribution is 5.63. The van der Waals surface area contributed by atoms with Crippen LogP contribution in [-0.4, -0.2) is 15.2 Å². The number of nitrogens with zero attached hydrogens (tertiary/aromatic N) is 3. The molecule has 0 N–H and O–H groups in total. The highest BCUT2D eigenvalue weighted by atomic mass is 19.1. The molecule has 0 spiro atoms. The second-order valence-corrected chi connectivity index (χ2v) is 8.14. The summed E-state index contributed by atoms with van der Waals surface area (Å²) in [7, 11) is 0. The first-order valence-corrected chi connectivity index (χ1v) is 9.11. The molecule has 1 aromatic carbocycles. The van der Waals surface area contributed by atoms with Gasteiger partial charge >= 0.3 is 0 Å². The van der Waals surface area contributed by atoms with Gasteiger partial charge < -0.3 is 4.42 Å². The molecule has 2 atom stereocenters. The lowest BCUT2D eigenvalue weighted by Crippen LogP contribution is -2.37. The Morgan fingerprint density at radius 3 is 2.56 bits per heavy atom. The van der Waals surface area contributed by atoms with Gasteiger partial charge in [0.15, 0.2) is 0 Å². The molecule has 138 valence electrons. The van der Waals surface area contributed by atoms with Gasteiger partial charge in [0.1, 0.15) is 17.9 Å². The van der Waals surface area contributed by atoms with Crippen LogP contribution in [-0.2, 0) is 5.41 Å². The van der Waals surface area contributed by atoms with Crippen molar-refractivity contribution in [1.29, 1.82) is 0 Å². The summed E-state index contributed by atoms with van der Waals surface area (Å²) in [6, 6.07) is 5.62. The lowest BCUT2D eigenvalue weighted by Gasteiger charge is -2.34. The van der Waals surface area contributed by atoms with E-state index in [0.29, 0.717) is 5.89 Å². The fourth-order valence-corrected chi connectivity index (χ4v) is 5.21. The molecule has 2 aliphatic rings. The Morgan fingerprint density at radius 1 is 1.15 bits per heavy atom. The smallest absolute Gasteiger partial charge is 0.207 e. The molecule has 3 aromatic rings. The first-order chi connectivity index (χ1) is 12.9. The van der Waals surface area contributed by atoms with Gasteiger partial charge in [-0.2, -0.15) is 5.10 Å². The third-order valence-corrected chi connectivity index (χ3v) is 6.59. The van der Waals surface area contributed by atoms with E-state index in [0.717, 1.165) is 29.8 Å². The van der Waals surface area contributed by atoms with Crippen LogP contribution in [0.3, 0.4) is 0 Å². The predicted octanol–water partition coefficient (Wildman–Crippen LogP) is 4.92. The van der Waals surface area contributed by atoms with E-state index in [9.17, 15) is 8.78 Å². The lowest BCUT2D eigenvalue weighted by molar-refractivity contribution is 0.206. The minimum absolute atomic E-state index is 0.130. The van der Waals surface area contributed by atoms with Crippen molar-refractivity contribution in [2.45, 2.75) is 44.9 Å². The van der Waals surface area contributed by atoms with Crippen molar-refractivity contribution in [2.75, 3.05) is 0 Å². The molecular formula is C21H19F2N3O. The fourth-order valence-electron chi connectivity index (χ4n) is 5.21. The second kappa shape index (κ2) is 5.21.